The number of rotatable bonds is 10. The normalized spacial score (nSPS) is 13.4. The van der Waals surface area contributed by atoms with Gasteiger partial charge in [-0.3, -0.25) is 9.59 Å². The molecule has 182 valence electrons. The van der Waals surface area contributed by atoms with Crippen molar-refractivity contribution < 1.29 is 19.1 Å². The first-order valence-electron chi connectivity index (χ1n) is 11.5. The number of carbonyl (C=O) groups is 3. The summed E-state index contributed by atoms with van der Waals surface area (Å²) in [5.41, 5.74) is -0.556. The third-order valence-corrected chi connectivity index (χ3v) is 6.09. The van der Waals surface area contributed by atoms with Gasteiger partial charge in [-0.05, 0) is 63.5 Å². The Bertz CT molecular complexity index is 916. The van der Waals surface area contributed by atoms with Crippen LogP contribution in [0.3, 0.4) is 0 Å². The summed E-state index contributed by atoms with van der Waals surface area (Å²) in [5, 5.41) is 9.70. The average Bonchev–Trinajstić information content (AvgIpc) is 3.15. The summed E-state index contributed by atoms with van der Waals surface area (Å²) in [6.07, 6.45) is 1.34. The molecule has 3 amide bonds. The highest BCUT2D eigenvalue weighted by molar-refractivity contribution is 7.20. The van der Waals surface area contributed by atoms with Gasteiger partial charge in [0.2, 0.25) is 5.91 Å². The Morgan fingerprint density at radius 1 is 1.09 bits per heavy atom. The minimum Gasteiger partial charge on any atom is -0.444 e. The first-order chi connectivity index (χ1) is 15.5. The predicted octanol–water partition coefficient (Wildman–Crippen LogP) is 4.86. The van der Waals surface area contributed by atoms with Gasteiger partial charge in [0, 0.05) is 17.3 Å². The molecule has 0 saturated carbocycles. The van der Waals surface area contributed by atoms with E-state index in [4.69, 9.17) is 4.74 Å². The minimum absolute atomic E-state index is 0.122. The van der Waals surface area contributed by atoms with Gasteiger partial charge in [-0.25, -0.2) is 4.79 Å². The van der Waals surface area contributed by atoms with Gasteiger partial charge >= 0.3 is 6.09 Å². The van der Waals surface area contributed by atoms with Gasteiger partial charge in [-0.15, -0.1) is 11.3 Å². The van der Waals surface area contributed by atoms with Gasteiger partial charge < -0.3 is 20.7 Å². The van der Waals surface area contributed by atoms with E-state index in [-0.39, 0.29) is 23.8 Å². The molecule has 3 N–H and O–H groups in total. The molecule has 0 spiro atoms. The van der Waals surface area contributed by atoms with Crippen molar-refractivity contribution in [2.75, 3.05) is 6.54 Å². The lowest BCUT2D eigenvalue weighted by atomic mass is 10.0. The fourth-order valence-corrected chi connectivity index (χ4v) is 4.33. The van der Waals surface area contributed by atoms with E-state index in [0.29, 0.717) is 30.7 Å². The van der Waals surface area contributed by atoms with Crippen LogP contribution < -0.4 is 16.0 Å². The van der Waals surface area contributed by atoms with Crippen molar-refractivity contribution in [3.05, 3.63) is 35.2 Å². The van der Waals surface area contributed by atoms with E-state index in [2.05, 4.69) is 16.0 Å². The van der Waals surface area contributed by atoms with Crippen LogP contribution in [0.2, 0.25) is 0 Å². The van der Waals surface area contributed by atoms with Gasteiger partial charge in [0.1, 0.15) is 11.6 Å². The molecule has 33 heavy (non-hydrogen) atoms. The summed E-state index contributed by atoms with van der Waals surface area (Å²) >= 11 is 1.42. The molecule has 0 aliphatic carbocycles. The number of ether oxygens (including phenoxy) is 1. The van der Waals surface area contributed by atoms with Gasteiger partial charge in [0.15, 0.2) is 0 Å². The monoisotopic (exact) mass is 475 g/mol. The van der Waals surface area contributed by atoms with Gasteiger partial charge in [0.25, 0.3) is 5.91 Å². The van der Waals surface area contributed by atoms with Crippen molar-refractivity contribution in [3.8, 4) is 0 Å². The molecule has 1 aromatic carbocycles. The largest absolute Gasteiger partial charge is 0.444 e. The van der Waals surface area contributed by atoms with Crippen LogP contribution in [0.15, 0.2) is 30.3 Å². The number of nitrogens with one attached hydrogen (secondary N) is 3. The third kappa shape index (κ3) is 9.04. The van der Waals surface area contributed by atoms with E-state index in [9.17, 15) is 14.4 Å². The topological polar surface area (TPSA) is 96.5 Å². The summed E-state index contributed by atoms with van der Waals surface area (Å²) in [4.78, 5) is 38.3. The van der Waals surface area contributed by atoms with E-state index < -0.39 is 17.7 Å². The zero-order valence-electron chi connectivity index (χ0n) is 20.5. The van der Waals surface area contributed by atoms with Crippen LogP contribution in [0.5, 0.6) is 0 Å². The average molecular weight is 476 g/mol. The molecule has 1 aromatic heterocycles. The molecule has 0 saturated heterocycles. The fourth-order valence-electron chi connectivity index (χ4n) is 3.37. The van der Waals surface area contributed by atoms with E-state index in [1.807, 2.05) is 71.9 Å². The second kappa shape index (κ2) is 12.0. The molecule has 0 aliphatic heterocycles. The number of amides is 3. The highest BCUT2D eigenvalue weighted by Crippen LogP contribution is 2.25. The van der Waals surface area contributed by atoms with Crippen molar-refractivity contribution in [2.24, 2.45) is 5.92 Å². The summed E-state index contributed by atoms with van der Waals surface area (Å²) in [5.74, 6) is -0.212. The van der Waals surface area contributed by atoms with Gasteiger partial charge in [-0.2, -0.15) is 0 Å². The molecule has 7 nitrogen and oxygen atoms in total. The second-order valence-electron chi connectivity index (χ2n) is 9.64. The van der Waals surface area contributed by atoms with Crippen molar-refractivity contribution in [1.29, 1.82) is 0 Å². The van der Waals surface area contributed by atoms with E-state index in [1.54, 1.807) is 0 Å². The second-order valence-corrected chi connectivity index (χ2v) is 10.7. The lowest BCUT2D eigenvalue weighted by Crippen LogP contribution is -2.50. The summed E-state index contributed by atoms with van der Waals surface area (Å²) in [6.45, 7) is 11.8. The molecular formula is C25H37N3O4S. The van der Waals surface area contributed by atoms with Crippen LogP contribution >= 0.6 is 11.3 Å². The lowest BCUT2D eigenvalue weighted by molar-refractivity contribution is -0.124. The maximum absolute atomic E-state index is 13.0. The predicted molar refractivity (Wildman–Crippen MR) is 134 cm³/mol. The van der Waals surface area contributed by atoms with Crippen LogP contribution in [0, 0.1) is 5.92 Å². The van der Waals surface area contributed by atoms with Gasteiger partial charge in [-0.1, -0.05) is 39.0 Å². The number of thiophene rings is 1. The molecule has 2 aromatic rings. The van der Waals surface area contributed by atoms with E-state index in [1.165, 1.54) is 11.3 Å². The van der Waals surface area contributed by atoms with Gasteiger partial charge in [0.05, 0.1) is 4.88 Å². The Morgan fingerprint density at radius 3 is 2.39 bits per heavy atom. The molecule has 0 aliphatic rings. The third-order valence-electron chi connectivity index (χ3n) is 4.98. The molecule has 8 heteroatoms. The number of benzene rings is 1. The number of hydrogen-bond donors (Lipinski definition) is 3. The Hall–Kier alpha value is -2.61. The van der Waals surface area contributed by atoms with Crippen molar-refractivity contribution in [2.45, 2.75) is 78.5 Å². The maximum Gasteiger partial charge on any atom is 0.407 e. The zero-order valence-corrected chi connectivity index (χ0v) is 21.3. The highest BCUT2D eigenvalue weighted by atomic mass is 32.1. The molecule has 0 bridgehead atoms. The standard InChI is InChI=1S/C25H37N3O4S/c1-7-18(12-13-26-24(31)32-25(4,5)6)27-22(29)19(14-16(2)3)28-23(30)21-15-17-10-8-9-11-20(17)33-21/h8-11,15-16,18-19H,7,12-14H2,1-6H3,(H,26,31)(H,27,29)(H,28,30)/t18?,19-/m0/s1. The zero-order chi connectivity index (χ0) is 24.6. The first kappa shape index (κ1) is 26.6. The Labute approximate surface area is 200 Å². The number of alkyl carbamates (subject to hydrolysis) is 1. The Kier molecular flexibility index (Phi) is 9.70. The van der Waals surface area contributed by atoms with Crippen molar-refractivity contribution in [1.82, 2.24) is 16.0 Å². The first-order valence-corrected chi connectivity index (χ1v) is 12.4. The molecule has 1 unspecified atom stereocenters. The number of hydrogen-bond acceptors (Lipinski definition) is 5. The van der Waals surface area contributed by atoms with Crippen LogP contribution in [0.4, 0.5) is 4.79 Å². The summed E-state index contributed by atoms with van der Waals surface area (Å²) in [6, 6.07) is 8.94. The highest BCUT2D eigenvalue weighted by Gasteiger charge is 2.25. The van der Waals surface area contributed by atoms with Crippen molar-refractivity contribution >= 4 is 39.3 Å². The molecular weight excluding hydrogens is 438 g/mol. The summed E-state index contributed by atoms with van der Waals surface area (Å²) < 4.78 is 6.28. The number of carbonyl (C=O) groups excluding carboxylic acids is 3. The molecule has 2 rings (SSSR count). The molecule has 2 atom stereocenters. The fraction of sp³-hybridized carbons (Fsp3) is 0.560. The van der Waals surface area contributed by atoms with Crippen LogP contribution in [-0.2, 0) is 9.53 Å². The molecule has 1 heterocycles. The molecule has 0 radical (unpaired) electrons. The molecule has 0 fully saturated rings. The van der Waals surface area contributed by atoms with Crippen molar-refractivity contribution in [3.63, 3.8) is 0 Å². The Balaban J connectivity index is 1.95. The van der Waals surface area contributed by atoms with Crippen LogP contribution in [0.1, 0.15) is 70.5 Å². The lowest BCUT2D eigenvalue weighted by Gasteiger charge is -2.24. The Morgan fingerprint density at radius 2 is 1.79 bits per heavy atom. The number of fused-ring (bicyclic) bond motifs is 1. The van der Waals surface area contributed by atoms with E-state index in [0.717, 1.165) is 10.1 Å². The van der Waals surface area contributed by atoms with E-state index >= 15 is 0 Å². The van der Waals surface area contributed by atoms with Crippen LogP contribution in [0.25, 0.3) is 10.1 Å². The maximum atomic E-state index is 13.0. The quantitative estimate of drug-likeness (QED) is 0.457. The SMILES string of the molecule is CCC(CCNC(=O)OC(C)(C)C)NC(=O)[C@H](CC(C)C)NC(=O)c1cc2ccccc2s1. The smallest absolute Gasteiger partial charge is 0.407 e. The van der Waals surface area contributed by atoms with Crippen LogP contribution in [-0.4, -0.2) is 42.1 Å². The minimum atomic E-state index is -0.629. The summed E-state index contributed by atoms with van der Waals surface area (Å²) in [7, 11) is 0.